The summed E-state index contributed by atoms with van der Waals surface area (Å²) in [6, 6.07) is 3.59. The van der Waals surface area contributed by atoms with E-state index in [-0.39, 0.29) is 0 Å². The van der Waals surface area contributed by atoms with Gasteiger partial charge in [0.1, 0.15) is 17.8 Å². The summed E-state index contributed by atoms with van der Waals surface area (Å²) >= 11 is 0. The van der Waals surface area contributed by atoms with Crippen LogP contribution in [0.3, 0.4) is 0 Å². The zero-order valence-electron chi connectivity index (χ0n) is 9.75. The van der Waals surface area contributed by atoms with Gasteiger partial charge in [0.2, 0.25) is 0 Å². The van der Waals surface area contributed by atoms with Gasteiger partial charge in [0, 0.05) is 18.0 Å². The number of hydrogen-bond acceptors (Lipinski definition) is 6. The number of hydrazine groups is 1. The second-order valence-corrected chi connectivity index (χ2v) is 3.90. The van der Waals surface area contributed by atoms with Gasteiger partial charge in [-0.05, 0) is 12.0 Å². The Balaban J connectivity index is 2.50. The molecule has 0 aromatic carbocycles. The molecule has 0 fully saturated rings. The molecule has 6 nitrogen and oxygen atoms in total. The Morgan fingerprint density at radius 3 is 2.71 bits per heavy atom. The molecule has 2 rings (SSSR count). The van der Waals surface area contributed by atoms with Crippen LogP contribution in [0.25, 0.3) is 11.5 Å². The Morgan fingerprint density at radius 2 is 2.12 bits per heavy atom. The van der Waals surface area contributed by atoms with Gasteiger partial charge in [0.05, 0.1) is 0 Å². The van der Waals surface area contributed by atoms with Gasteiger partial charge in [-0.1, -0.05) is 13.8 Å². The highest BCUT2D eigenvalue weighted by Gasteiger charge is 2.09. The van der Waals surface area contributed by atoms with Crippen molar-refractivity contribution in [3.8, 4) is 11.5 Å². The summed E-state index contributed by atoms with van der Waals surface area (Å²) < 4.78 is 0. The highest BCUT2D eigenvalue weighted by atomic mass is 15.3. The van der Waals surface area contributed by atoms with E-state index in [1.807, 2.05) is 6.07 Å². The Bertz CT molecular complexity index is 497. The number of nitrogens with two attached hydrogens (primary N) is 1. The maximum Gasteiger partial charge on any atom is 0.180 e. The highest BCUT2D eigenvalue weighted by Crippen LogP contribution is 2.19. The van der Waals surface area contributed by atoms with E-state index in [1.165, 1.54) is 6.33 Å². The molecule has 88 valence electrons. The molecule has 2 heterocycles. The molecule has 0 unspecified atom stereocenters. The lowest BCUT2D eigenvalue weighted by molar-refractivity contribution is 0.816. The second kappa shape index (κ2) is 4.84. The Kier molecular flexibility index (Phi) is 3.24. The third-order valence-corrected chi connectivity index (χ3v) is 2.30. The molecule has 0 saturated heterocycles. The molecule has 2 aromatic heterocycles. The van der Waals surface area contributed by atoms with Crippen molar-refractivity contribution in [1.82, 2.24) is 19.9 Å². The van der Waals surface area contributed by atoms with Crippen LogP contribution in [0.4, 0.5) is 5.82 Å². The normalized spacial score (nSPS) is 10.6. The molecular formula is C11H14N6. The Morgan fingerprint density at radius 1 is 1.29 bits per heavy atom. The smallest absolute Gasteiger partial charge is 0.180 e. The summed E-state index contributed by atoms with van der Waals surface area (Å²) in [7, 11) is 0. The van der Waals surface area contributed by atoms with Gasteiger partial charge in [0.15, 0.2) is 5.82 Å². The SMILES string of the molecule is CC(C)c1cc(NN)nc(-c2ccncn2)n1. The van der Waals surface area contributed by atoms with Crippen LogP contribution >= 0.6 is 0 Å². The van der Waals surface area contributed by atoms with Gasteiger partial charge in [-0.2, -0.15) is 0 Å². The molecule has 0 spiro atoms. The van der Waals surface area contributed by atoms with E-state index in [4.69, 9.17) is 5.84 Å². The van der Waals surface area contributed by atoms with E-state index >= 15 is 0 Å². The molecule has 0 aliphatic heterocycles. The molecule has 3 N–H and O–H groups in total. The van der Waals surface area contributed by atoms with E-state index < -0.39 is 0 Å². The highest BCUT2D eigenvalue weighted by molar-refractivity contribution is 5.52. The molecule has 17 heavy (non-hydrogen) atoms. The summed E-state index contributed by atoms with van der Waals surface area (Å²) in [5.74, 6) is 6.82. The maximum absolute atomic E-state index is 5.39. The minimum Gasteiger partial charge on any atom is -0.308 e. The van der Waals surface area contributed by atoms with Crippen LogP contribution < -0.4 is 11.3 Å². The van der Waals surface area contributed by atoms with Gasteiger partial charge in [-0.25, -0.2) is 25.8 Å². The summed E-state index contributed by atoms with van der Waals surface area (Å²) in [5.41, 5.74) is 4.14. The molecule has 0 bridgehead atoms. The van der Waals surface area contributed by atoms with Gasteiger partial charge >= 0.3 is 0 Å². The molecule has 2 aromatic rings. The third-order valence-electron chi connectivity index (χ3n) is 2.30. The van der Waals surface area contributed by atoms with Crippen molar-refractivity contribution in [2.45, 2.75) is 19.8 Å². The predicted octanol–water partition coefficient (Wildman–Crippen LogP) is 1.34. The lowest BCUT2D eigenvalue weighted by atomic mass is 10.1. The van der Waals surface area contributed by atoms with E-state index in [0.29, 0.717) is 23.3 Å². The van der Waals surface area contributed by atoms with Crippen LogP contribution in [-0.4, -0.2) is 19.9 Å². The quantitative estimate of drug-likeness (QED) is 0.611. The van der Waals surface area contributed by atoms with E-state index in [2.05, 4.69) is 39.2 Å². The zero-order valence-corrected chi connectivity index (χ0v) is 9.75. The summed E-state index contributed by atoms with van der Waals surface area (Å²) in [6.45, 7) is 4.12. The topological polar surface area (TPSA) is 89.6 Å². The van der Waals surface area contributed by atoms with E-state index in [0.717, 1.165) is 5.69 Å². The lowest BCUT2D eigenvalue weighted by Gasteiger charge is -2.09. The number of aromatic nitrogens is 4. The first-order chi connectivity index (χ1) is 8.20. The fourth-order valence-electron chi connectivity index (χ4n) is 1.37. The first kappa shape index (κ1) is 11.4. The molecule has 0 aliphatic rings. The Labute approximate surface area is 99.3 Å². The van der Waals surface area contributed by atoms with Crippen LogP contribution in [0, 0.1) is 0 Å². The van der Waals surface area contributed by atoms with Crippen LogP contribution in [0.1, 0.15) is 25.5 Å². The van der Waals surface area contributed by atoms with Crippen LogP contribution in [0.15, 0.2) is 24.7 Å². The van der Waals surface area contributed by atoms with Crippen molar-refractivity contribution >= 4 is 5.82 Å². The van der Waals surface area contributed by atoms with Crippen molar-refractivity contribution < 1.29 is 0 Å². The van der Waals surface area contributed by atoms with E-state index in [1.54, 1.807) is 12.3 Å². The molecule has 0 aliphatic carbocycles. The van der Waals surface area contributed by atoms with Crippen LogP contribution in [0.5, 0.6) is 0 Å². The zero-order chi connectivity index (χ0) is 12.3. The van der Waals surface area contributed by atoms with E-state index in [9.17, 15) is 0 Å². The number of anilines is 1. The predicted molar refractivity (Wildman–Crippen MR) is 65.0 cm³/mol. The van der Waals surface area contributed by atoms with Crippen molar-refractivity contribution in [2.75, 3.05) is 5.43 Å². The number of nitrogens with zero attached hydrogens (tertiary/aromatic N) is 4. The number of nitrogens with one attached hydrogen (secondary N) is 1. The molecule has 6 heteroatoms. The minimum absolute atomic E-state index is 0.297. The van der Waals surface area contributed by atoms with Crippen LogP contribution in [0.2, 0.25) is 0 Å². The molecule has 0 amide bonds. The van der Waals surface area contributed by atoms with Crippen molar-refractivity contribution in [2.24, 2.45) is 5.84 Å². The summed E-state index contributed by atoms with van der Waals surface area (Å²) in [6.07, 6.45) is 3.12. The molecule has 0 atom stereocenters. The van der Waals surface area contributed by atoms with Crippen molar-refractivity contribution in [3.63, 3.8) is 0 Å². The van der Waals surface area contributed by atoms with Crippen molar-refractivity contribution in [3.05, 3.63) is 30.4 Å². The van der Waals surface area contributed by atoms with Gasteiger partial charge in [-0.3, -0.25) is 0 Å². The molecular weight excluding hydrogens is 216 g/mol. The second-order valence-electron chi connectivity index (χ2n) is 3.90. The third kappa shape index (κ3) is 2.54. The fourth-order valence-corrected chi connectivity index (χ4v) is 1.37. The Hall–Kier alpha value is -2.08. The maximum atomic E-state index is 5.39. The monoisotopic (exact) mass is 230 g/mol. The standard InChI is InChI=1S/C11H14N6/c1-7(2)9-5-10(17-12)16-11(15-9)8-3-4-13-6-14-8/h3-7H,12H2,1-2H3,(H,15,16,17). The van der Waals surface area contributed by atoms with Gasteiger partial charge in [0.25, 0.3) is 0 Å². The van der Waals surface area contributed by atoms with Gasteiger partial charge < -0.3 is 5.43 Å². The summed E-state index contributed by atoms with van der Waals surface area (Å²) in [4.78, 5) is 16.7. The number of rotatable bonds is 3. The van der Waals surface area contributed by atoms with Crippen LogP contribution in [-0.2, 0) is 0 Å². The lowest BCUT2D eigenvalue weighted by Crippen LogP contribution is -2.11. The van der Waals surface area contributed by atoms with Crippen molar-refractivity contribution in [1.29, 1.82) is 0 Å². The van der Waals surface area contributed by atoms with Gasteiger partial charge in [-0.15, -0.1) is 0 Å². The summed E-state index contributed by atoms with van der Waals surface area (Å²) in [5, 5.41) is 0. The largest absolute Gasteiger partial charge is 0.308 e. The first-order valence-corrected chi connectivity index (χ1v) is 5.32. The fraction of sp³-hybridized carbons (Fsp3) is 0.273. The average Bonchev–Trinajstić information content (AvgIpc) is 2.39. The number of nitrogen functional groups attached to an aromatic ring is 1. The molecule has 0 radical (unpaired) electrons. The first-order valence-electron chi connectivity index (χ1n) is 5.32. The minimum atomic E-state index is 0.297. The average molecular weight is 230 g/mol. The molecule has 0 saturated carbocycles. The number of hydrogen-bond donors (Lipinski definition) is 2.